The summed E-state index contributed by atoms with van der Waals surface area (Å²) in [5, 5.41) is 10.1. The van der Waals surface area contributed by atoms with E-state index in [9.17, 15) is 0 Å². The van der Waals surface area contributed by atoms with Crippen LogP contribution in [-0.4, -0.2) is 0 Å². The molecule has 1 aliphatic carbocycles. The van der Waals surface area contributed by atoms with Gasteiger partial charge in [0.1, 0.15) is 0 Å². The minimum atomic E-state index is -0.0172. The number of benzene rings is 10. The molecule has 0 aromatic heterocycles. The number of nitrogens with zero attached hydrogens (tertiary/aromatic N) is 1. The lowest BCUT2D eigenvalue weighted by molar-refractivity contribution is 0.660. The molecule has 1 nitrogen and oxygen atoms in total. The maximum Gasteiger partial charge on any atom is 0.0468 e. The van der Waals surface area contributed by atoms with Crippen molar-refractivity contribution in [2.24, 2.45) is 0 Å². The molecular weight excluding hydrogens is 699 g/mol. The van der Waals surface area contributed by atoms with Gasteiger partial charge in [0, 0.05) is 22.5 Å². The molecule has 0 aliphatic heterocycles. The minimum absolute atomic E-state index is 0.0172. The van der Waals surface area contributed by atoms with Crippen LogP contribution in [0, 0.1) is 13.8 Å². The molecule has 0 spiro atoms. The van der Waals surface area contributed by atoms with Gasteiger partial charge in [-0.2, -0.15) is 0 Å². The van der Waals surface area contributed by atoms with Crippen LogP contribution in [0.5, 0.6) is 0 Å². The van der Waals surface area contributed by atoms with E-state index in [4.69, 9.17) is 0 Å². The van der Waals surface area contributed by atoms with E-state index in [1.807, 2.05) is 0 Å². The maximum atomic E-state index is 2.45. The van der Waals surface area contributed by atoms with E-state index in [2.05, 4.69) is 221 Å². The van der Waals surface area contributed by atoms with Crippen molar-refractivity contribution in [1.82, 2.24) is 0 Å². The van der Waals surface area contributed by atoms with Gasteiger partial charge in [-0.1, -0.05) is 141 Å². The largest absolute Gasteiger partial charge is 0.310 e. The molecule has 58 heavy (non-hydrogen) atoms. The first-order valence-electron chi connectivity index (χ1n) is 20.4. The molecule has 0 heterocycles. The second kappa shape index (κ2) is 13.0. The van der Waals surface area contributed by atoms with E-state index in [0.717, 1.165) is 17.1 Å². The maximum absolute atomic E-state index is 2.45. The highest BCUT2D eigenvalue weighted by atomic mass is 15.1. The van der Waals surface area contributed by atoms with E-state index < -0.39 is 0 Å². The van der Waals surface area contributed by atoms with Gasteiger partial charge in [-0.05, 0) is 173 Å². The van der Waals surface area contributed by atoms with E-state index >= 15 is 0 Å². The normalized spacial score (nSPS) is 13.0. The van der Waals surface area contributed by atoms with Crippen LogP contribution in [0.25, 0.3) is 76.5 Å². The molecule has 0 saturated carbocycles. The van der Waals surface area contributed by atoms with Gasteiger partial charge >= 0.3 is 0 Å². The highest BCUT2D eigenvalue weighted by Crippen LogP contribution is 2.50. The topological polar surface area (TPSA) is 3.24 Å². The molecule has 0 atom stereocenters. The lowest BCUT2D eigenvalue weighted by Gasteiger charge is -2.26. The standard InChI is InChI=1S/C57H43N/c1-36-13-11-15-42(29-36)58(43-16-12-14-37(2)30-43)44-27-25-38-31-40(24-23-39(38)32-44)50-34-52-48-20-8-6-18-46(48)51(35-53(52)47-19-7-5-17-45(47)50)41-26-28-56-54(33-41)49-21-9-10-22-55(49)57(56,3)4/h5-35H,1-4H3. The molecule has 0 fully saturated rings. The van der Waals surface area contributed by atoms with Crippen LogP contribution in [0.1, 0.15) is 36.1 Å². The Bertz CT molecular complexity index is 3250. The van der Waals surface area contributed by atoms with E-state index in [-0.39, 0.29) is 5.41 Å². The zero-order chi connectivity index (χ0) is 39.1. The zero-order valence-corrected chi connectivity index (χ0v) is 33.3. The van der Waals surface area contributed by atoms with Crippen LogP contribution in [0.3, 0.4) is 0 Å². The Hall–Kier alpha value is -6.96. The van der Waals surface area contributed by atoms with E-state index in [0.29, 0.717) is 0 Å². The van der Waals surface area contributed by atoms with Crippen molar-refractivity contribution in [3.05, 3.63) is 210 Å². The van der Waals surface area contributed by atoms with E-state index in [1.165, 1.54) is 98.7 Å². The molecule has 276 valence electrons. The van der Waals surface area contributed by atoms with Crippen LogP contribution in [-0.2, 0) is 5.41 Å². The molecule has 0 unspecified atom stereocenters. The molecule has 11 rings (SSSR count). The SMILES string of the molecule is Cc1cccc(N(c2cccc(C)c2)c2ccc3cc(-c4cc5c6ccccc6c(-c6ccc7c(c6)-c6ccccc6C7(C)C)cc5c5ccccc45)ccc3c2)c1. The Balaban J connectivity index is 1.06. The number of aryl methyl sites for hydroxylation is 2. The van der Waals surface area contributed by atoms with Gasteiger partial charge < -0.3 is 4.90 Å². The Morgan fingerprint density at radius 1 is 0.328 bits per heavy atom. The number of anilines is 3. The van der Waals surface area contributed by atoms with Gasteiger partial charge in [0.25, 0.3) is 0 Å². The highest BCUT2D eigenvalue weighted by Gasteiger charge is 2.35. The second-order valence-electron chi connectivity index (χ2n) is 16.7. The van der Waals surface area contributed by atoms with E-state index in [1.54, 1.807) is 0 Å². The number of rotatable bonds is 5. The molecule has 0 N–H and O–H groups in total. The first-order chi connectivity index (χ1) is 28.3. The van der Waals surface area contributed by atoms with Crippen molar-refractivity contribution < 1.29 is 0 Å². The van der Waals surface area contributed by atoms with Crippen LogP contribution in [0.2, 0.25) is 0 Å². The molecule has 0 radical (unpaired) electrons. The molecule has 1 aliphatic rings. The molecule has 10 aromatic carbocycles. The Morgan fingerprint density at radius 3 is 1.47 bits per heavy atom. The van der Waals surface area contributed by atoms with Crippen LogP contribution >= 0.6 is 0 Å². The molecule has 0 bridgehead atoms. The molecular formula is C57H43N. The smallest absolute Gasteiger partial charge is 0.0468 e. The summed E-state index contributed by atoms with van der Waals surface area (Å²) < 4.78 is 0. The summed E-state index contributed by atoms with van der Waals surface area (Å²) in [6.07, 6.45) is 0. The van der Waals surface area contributed by atoms with Gasteiger partial charge in [0.15, 0.2) is 0 Å². The molecule has 0 saturated heterocycles. The van der Waals surface area contributed by atoms with Crippen LogP contribution in [0.15, 0.2) is 188 Å². The molecule has 0 amide bonds. The monoisotopic (exact) mass is 741 g/mol. The Labute approximate surface area is 340 Å². The van der Waals surface area contributed by atoms with Crippen LogP contribution < -0.4 is 4.90 Å². The molecule has 1 heteroatoms. The van der Waals surface area contributed by atoms with Crippen LogP contribution in [0.4, 0.5) is 17.1 Å². The first kappa shape index (κ1) is 34.3. The van der Waals surface area contributed by atoms with Gasteiger partial charge in [-0.15, -0.1) is 0 Å². The second-order valence-corrected chi connectivity index (χ2v) is 16.7. The van der Waals surface area contributed by atoms with Crippen molar-refractivity contribution in [2.75, 3.05) is 4.90 Å². The van der Waals surface area contributed by atoms with Crippen molar-refractivity contribution in [3.63, 3.8) is 0 Å². The summed E-state index contributed by atoms with van der Waals surface area (Å²) in [6.45, 7) is 9.02. The van der Waals surface area contributed by atoms with Crippen molar-refractivity contribution in [3.8, 4) is 33.4 Å². The lowest BCUT2D eigenvalue weighted by atomic mass is 9.82. The van der Waals surface area contributed by atoms with Gasteiger partial charge in [-0.3, -0.25) is 0 Å². The average Bonchev–Trinajstić information content (AvgIpc) is 3.48. The summed E-state index contributed by atoms with van der Waals surface area (Å²) in [7, 11) is 0. The fourth-order valence-corrected chi connectivity index (χ4v) is 9.84. The van der Waals surface area contributed by atoms with Crippen molar-refractivity contribution in [1.29, 1.82) is 0 Å². The fourth-order valence-electron chi connectivity index (χ4n) is 9.84. The average molecular weight is 742 g/mol. The quantitative estimate of drug-likeness (QED) is 0.159. The lowest BCUT2D eigenvalue weighted by Crippen LogP contribution is -2.14. The summed E-state index contributed by atoms with van der Waals surface area (Å²) in [5.74, 6) is 0. The summed E-state index contributed by atoms with van der Waals surface area (Å²) in [5.41, 5.74) is 16.4. The van der Waals surface area contributed by atoms with Gasteiger partial charge in [0.2, 0.25) is 0 Å². The predicted molar refractivity (Wildman–Crippen MR) is 249 cm³/mol. The predicted octanol–water partition coefficient (Wildman–Crippen LogP) is 16.0. The Morgan fingerprint density at radius 2 is 0.828 bits per heavy atom. The summed E-state index contributed by atoms with van der Waals surface area (Å²) in [4.78, 5) is 2.37. The third kappa shape index (κ3) is 5.38. The summed E-state index contributed by atoms with van der Waals surface area (Å²) >= 11 is 0. The number of fused-ring (bicyclic) bond motifs is 9. The highest BCUT2D eigenvalue weighted by molar-refractivity contribution is 6.24. The van der Waals surface area contributed by atoms with Crippen molar-refractivity contribution in [2.45, 2.75) is 33.1 Å². The minimum Gasteiger partial charge on any atom is -0.310 e. The number of hydrogen-bond acceptors (Lipinski definition) is 1. The zero-order valence-electron chi connectivity index (χ0n) is 33.3. The third-order valence-electron chi connectivity index (χ3n) is 12.7. The third-order valence-corrected chi connectivity index (χ3v) is 12.7. The first-order valence-corrected chi connectivity index (χ1v) is 20.4. The summed E-state index contributed by atoms with van der Waals surface area (Å²) in [6, 6.07) is 70.3. The number of hydrogen-bond donors (Lipinski definition) is 0. The van der Waals surface area contributed by atoms with Gasteiger partial charge in [0.05, 0.1) is 0 Å². The van der Waals surface area contributed by atoms with Gasteiger partial charge in [-0.25, -0.2) is 0 Å². The van der Waals surface area contributed by atoms with Crippen molar-refractivity contribution >= 4 is 60.2 Å². The fraction of sp³-hybridized carbons (Fsp3) is 0.0877. The molecule has 10 aromatic rings. The Kier molecular flexibility index (Phi) is 7.72.